The Morgan fingerprint density at radius 1 is 1.06 bits per heavy atom. The van der Waals surface area contributed by atoms with Gasteiger partial charge in [0.15, 0.2) is 5.82 Å². The van der Waals surface area contributed by atoms with Gasteiger partial charge in [0.2, 0.25) is 0 Å². The largest absolute Gasteiger partial charge is 0.478 e. The fourth-order valence-electron chi connectivity index (χ4n) is 1.72. The molecule has 5 N–H and O–H groups in total. The van der Waals surface area contributed by atoms with Crippen LogP contribution < -0.4 is 11.5 Å². The van der Waals surface area contributed by atoms with Crippen LogP contribution in [0.3, 0.4) is 0 Å². The number of carboxylic acids is 1. The minimum Gasteiger partial charge on any atom is -0.478 e. The Morgan fingerprint density at radius 3 is 2.39 bits per heavy atom. The minimum absolute atomic E-state index is 0.0144. The molecule has 0 spiro atoms. The van der Waals surface area contributed by atoms with Crippen LogP contribution in [0.1, 0.15) is 10.4 Å². The smallest absolute Gasteiger partial charge is 0.336 e. The Kier molecular flexibility index (Phi) is 2.89. The quantitative estimate of drug-likeness (QED) is 0.709. The van der Waals surface area contributed by atoms with Gasteiger partial charge in [-0.05, 0) is 23.8 Å². The van der Waals surface area contributed by atoms with Gasteiger partial charge in [-0.15, -0.1) is 0 Å². The van der Waals surface area contributed by atoms with E-state index in [1.54, 1.807) is 12.1 Å². The van der Waals surface area contributed by atoms with Crippen molar-refractivity contribution in [2.75, 3.05) is 11.5 Å². The lowest BCUT2D eigenvalue weighted by Crippen LogP contribution is -2.03. The fraction of sp³-hybridized carbons (Fsp3) is 0. The van der Waals surface area contributed by atoms with Crippen LogP contribution in [0.5, 0.6) is 0 Å². The summed E-state index contributed by atoms with van der Waals surface area (Å²) < 4.78 is 14.0. The number of hydrogen-bond acceptors (Lipinski definition) is 3. The molecular weight excluding hydrogens is 235 g/mol. The summed E-state index contributed by atoms with van der Waals surface area (Å²) in [4.78, 5) is 11.1. The molecule has 4 nitrogen and oxygen atoms in total. The summed E-state index contributed by atoms with van der Waals surface area (Å²) >= 11 is 0. The molecule has 0 aliphatic carbocycles. The van der Waals surface area contributed by atoms with Crippen molar-refractivity contribution in [3.8, 4) is 11.1 Å². The lowest BCUT2D eigenvalue weighted by molar-refractivity contribution is 0.0697. The SMILES string of the molecule is Nc1ccc(-c2ccccc2C(=O)O)c(F)c1N. The molecule has 2 aromatic rings. The van der Waals surface area contributed by atoms with E-state index in [0.717, 1.165) is 0 Å². The van der Waals surface area contributed by atoms with E-state index >= 15 is 0 Å². The number of nitrogen functional groups attached to an aromatic ring is 2. The number of halogens is 1. The van der Waals surface area contributed by atoms with Gasteiger partial charge >= 0.3 is 5.97 Å². The Hall–Kier alpha value is -2.56. The first-order valence-corrected chi connectivity index (χ1v) is 5.18. The Labute approximate surface area is 103 Å². The predicted molar refractivity (Wildman–Crippen MR) is 67.6 cm³/mol. The number of nitrogens with two attached hydrogens (primary N) is 2. The first-order valence-electron chi connectivity index (χ1n) is 5.18. The normalized spacial score (nSPS) is 10.3. The maximum absolute atomic E-state index is 14.0. The zero-order valence-corrected chi connectivity index (χ0v) is 9.35. The molecule has 0 aliphatic rings. The first-order chi connectivity index (χ1) is 8.52. The monoisotopic (exact) mass is 246 g/mol. The van der Waals surface area contributed by atoms with Crippen LogP contribution in [0.4, 0.5) is 15.8 Å². The molecule has 92 valence electrons. The van der Waals surface area contributed by atoms with Crippen molar-refractivity contribution in [1.29, 1.82) is 0 Å². The molecule has 18 heavy (non-hydrogen) atoms. The number of benzene rings is 2. The highest BCUT2D eigenvalue weighted by Crippen LogP contribution is 2.31. The van der Waals surface area contributed by atoms with Gasteiger partial charge in [-0.25, -0.2) is 9.18 Å². The molecule has 0 radical (unpaired) electrons. The average molecular weight is 246 g/mol. The molecule has 0 saturated heterocycles. The summed E-state index contributed by atoms with van der Waals surface area (Å²) in [7, 11) is 0. The van der Waals surface area contributed by atoms with Gasteiger partial charge in [0.25, 0.3) is 0 Å². The highest BCUT2D eigenvalue weighted by Gasteiger charge is 2.16. The van der Waals surface area contributed by atoms with Gasteiger partial charge < -0.3 is 16.6 Å². The molecule has 2 rings (SSSR count). The van der Waals surface area contributed by atoms with Crippen molar-refractivity contribution in [3.63, 3.8) is 0 Å². The number of rotatable bonds is 2. The summed E-state index contributed by atoms with van der Waals surface area (Å²) in [5.74, 6) is -1.83. The summed E-state index contributed by atoms with van der Waals surface area (Å²) in [6, 6.07) is 9.01. The molecule has 0 heterocycles. The van der Waals surface area contributed by atoms with Gasteiger partial charge in [-0.3, -0.25) is 0 Å². The zero-order chi connectivity index (χ0) is 13.3. The second kappa shape index (κ2) is 4.37. The predicted octanol–water partition coefficient (Wildman–Crippen LogP) is 2.36. The number of hydrogen-bond donors (Lipinski definition) is 3. The van der Waals surface area contributed by atoms with E-state index in [4.69, 9.17) is 16.6 Å². The van der Waals surface area contributed by atoms with Gasteiger partial charge in [-0.2, -0.15) is 0 Å². The van der Waals surface area contributed by atoms with Crippen LogP contribution in [-0.4, -0.2) is 11.1 Å². The Balaban J connectivity index is 2.70. The van der Waals surface area contributed by atoms with E-state index in [1.807, 2.05) is 0 Å². The van der Waals surface area contributed by atoms with Crippen LogP contribution >= 0.6 is 0 Å². The maximum atomic E-state index is 14.0. The molecule has 0 atom stereocenters. The van der Waals surface area contributed by atoms with Crippen LogP contribution in [0, 0.1) is 5.82 Å². The zero-order valence-electron chi connectivity index (χ0n) is 9.35. The second-order valence-corrected chi connectivity index (χ2v) is 3.78. The number of anilines is 2. The Morgan fingerprint density at radius 2 is 1.72 bits per heavy atom. The summed E-state index contributed by atoms with van der Waals surface area (Å²) in [5, 5.41) is 9.06. The topological polar surface area (TPSA) is 89.3 Å². The third kappa shape index (κ3) is 1.86. The first kappa shape index (κ1) is 11.9. The van der Waals surface area contributed by atoms with Crippen molar-refractivity contribution >= 4 is 17.3 Å². The van der Waals surface area contributed by atoms with Crippen LogP contribution in [-0.2, 0) is 0 Å². The molecule has 0 fully saturated rings. The van der Waals surface area contributed by atoms with Crippen LogP contribution in [0.15, 0.2) is 36.4 Å². The molecule has 2 aromatic carbocycles. The van der Waals surface area contributed by atoms with E-state index in [-0.39, 0.29) is 28.1 Å². The fourth-order valence-corrected chi connectivity index (χ4v) is 1.72. The van der Waals surface area contributed by atoms with Crippen molar-refractivity contribution in [3.05, 3.63) is 47.8 Å². The van der Waals surface area contributed by atoms with E-state index in [1.165, 1.54) is 24.3 Å². The number of carboxylic acid groups (broad SMARTS) is 1. The van der Waals surface area contributed by atoms with E-state index in [2.05, 4.69) is 0 Å². The molecule has 5 heteroatoms. The summed E-state index contributed by atoms with van der Waals surface area (Å²) in [5.41, 5.74) is 11.3. The van der Waals surface area contributed by atoms with Gasteiger partial charge in [0, 0.05) is 5.56 Å². The third-order valence-corrected chi connectivity index (χ3v) is 2.66. The minimum atomic E-state index is -1.12. The second-order valence-electron chi connectivity index (χ2n) is 3.78. The highest BCUT2D eigenvalue weighted by molar-refractivity contribution is 5.96. The molecule has 0 unspecified atom stereocenters. The third-order valence-electron chi connectivity index (χ3n) is 2.66. The van der Waals surface area contributed by atoms with Gasteiger partial charge in [0.1, 0.15) is 0 Å². The molecule has 0 saturated carbocycles. The van der Waals surface area contributed by atoms with Crippen molar-refractivity contribution < 1.29 is 14.3 Å². The Bertz CT molecular complexity index is 626. The van der Waals surface area contributed by atoms with Gasteiger partial charge in [0.05, 0.1) is 16.9 Å². The van der Waals surface area contributed by atoms with Crippen LogP contribution in [0.2, 0.25) is 0 Å². The number of carbonyl (C=O) groups is 1. The molecule has 0 bridgehead atoms. The molecule has 0 amide bonds. The molecule has 0 aromatic heterocycles. The van der Waals surface area contributed by atoms with Crippen molar-refractivity contribution in [1.82, 2.24) is 0 Å². The summed E-state index contributed by atoms with van der Waals surface area (Å²) in [6.45, 7) is 0. The number of aromatic carboxylic acids is 1. The van der Waals surface area contributed by atoms with E-state index < -0.39 is 11.8 Å². The average Bonchev–Trinajstić information content (AvgIpc) is 2.36. The van der Waals surface area contributed by atoms with Crippen molar-refractivity contribution in [2.45, 2.75) is 0 Å². The van der Waals surface area contributed by atoms with Crippen molar-refractivity contribution in [2.24, 2.45) is 0 Å². The van der Waals surface area contributed by atoms with E-state index in [9.17, 15) is 9.18 Å². The standard InChI is InChI=1S/C13H11FN2O2/c14-11-8(5-6-10(15)12(11)16)7-3-1-2-4-9(7)13(17)18/h1-6H,15-16H2,(H,17,18). The summed E-state index contributed by atoms with van der Waals surface area (Å²) in [6.07, 6.45) is 0. The lowest BCUT2D eigenvalue weighted by Gasteiger charge is -2.10. The molecular formula is C13H11FN2O2. The van der Waals surface area contributed by atoms with Gasteiger partial charge in [-0.1, -0.05) is 18.2 Å². The van der Waals surface area contributed by atoms with E-state index in [0.29, 0.717) is 0 Å². The maximum Gasteiger partial charge on any atom is 0.336 e. The van der Waals surface area contributed by atoms with Crippen LogP contribution in [0.25, 0.3) is 11.1 Å². The molecule has 0 aliphatic heterocycles. The lowest BCUT2D eigenvalue weighted by atomic mass is 9.98. The highest BCUT2D eigenvalue weighted by atomic mass is 19.1.